The number of benzene rings is 3. The average molecular weight is 929 g/mol. The predicted molar refractivity (Wildman–Crippen MR) is 251 cm³/mol. The van der Waals surface area contributed by atoms with Gasteiger partial charge in [-0.2, -0.15) is 0 Å². The molecule has 3 saturated carbocycles. The molecule has 3 aromatic carbocycles. The van der Waals surface area contributed by atoms with E-state index in [2.05, 4.69) is 142 Å². The van der Waals surface area contributed by atoms with Gasteiger partial charge in [0.2, 0.25) is 0 Å². The Hall–Kier alpha value is -2.07. The molecule has 4 aliphatic carbocycles. The molecule has 0 unspecified atom stereocenters. The van der Waals surface area contributed by atoms with Crippen molar-refractivity contribution >= 4 is 22.6 Å². The van der Waals surface area contributed by atoms with Gasteiger partial charge >= 0.3 is 0 Å². The third-order valence-corrected chi connectivity index (χ3v) is 17.4. The molecule has 0 aromatic heterocycles. The zero-order valence-corrected chi connectivity index (χ0v) is 39.3. The van der Waals surface area contributed by atoms with Crippen LogP contribution >= 0.6 is 22.6 Å². The monoisotopic (exact) mass is 928 g/mol. The molecule has 4 fully saturated rings. The SMILES string of the molecule is CC(C)CCC[C@@H](C)[C@H]1CC[C@H]2[C@@H]3CC=C4C[C@@H](O[C@H]5O[C@H](COCc6ccccc6)[C@@H](OCc6ccccc6)[C@H](OCc6ccccc6)[C@@H]5I)CC[C@]4(C)[C@H]3CC[C@]12C. The fraction of sp³-hybridized carbons (Fsp3) is 0.630. The second kappa shape index (κ2) is 20.2. The number of fused-ring (bicyclic) bond motifs is 5. The van der Waals surface area contributed by atoms with Gasteiger partial charge in [0, 0.05) is 0 Å². The van der Waals surface area contributed by atoms with Crippen LogP contribution in [-0.4, -0.2) is 41.2 Å². The maximum absolute atomic E-state index is 7.17. The molecule has 0 spiro atoms. The van der Waals surface area contributed by atoms with Gasteiger partial charge in [0.15, 0.2) is 6.29 Å². The maximum Gasteiger partial charge on any atom is 0.172 e. The topological polar surface area (TPSA) is 46.2 Å². The smallest absolute Gasteiger partial charge is 0.172 e. The molecule has 6 heteroatoms. The summed E-state index contributed by atoms with van der Waals surface area (Å²) in [5.74, 6) is 5.05. The molecule has 326 valence electrons. The van der Waals surface area contributed by atoms with Crippen LogP contribution in [0.4, 0.5) is 0 Å². The van der Waals surface area contributed by atoms with Crippen LogP contribution in [0.15, 0.2) is 103 Å². The zero-order chi connectivity index (χ0) is 41.7. The minimum absolute atomic E-state index is 0.0745. The normalized spacial score (nSPS) is 35.6. The largest absolute Gasteiger partial charge is 0.374 e. The summed E-state index contributed by atoms with van der Waals surface area (Å²) in [6.45, 7) is 14.6. The first kappa shape index (κ1) is 44.5. The second-order valence-electron chi connectivity index (χ2n) is 20.3. The highest BCUT2D eigenvalue weighted by Gasteiger charge is 2.59. The van der Waals surface area contributed by atoms with E-state index in [0.29, 0.717) is 31.8 Å². The van der Waals surface area contributed by atoms with Gasteiger partial charge < -0.3 is 23.7 Å². The Labute approximate surface area is 376 Å². The van der Waals surface area contributed by atoms with Crippen LogP contribution < -0.4 is 0 Å². The summed E-state index contributed by atoms with van der Waals surface area (Å²) in [6, 6.07) is 31.2. The van der Waals surface area contributed by atoms with Crippen LogP contribution in [0.1, 0.15) is 122 Å². The van der Waals surface area contributed by atoms with Crippen LogP contribution in [0, 0.1) is 46.3 Å². The molecule has 8 rings (SSSR count). The Balaban J connectivity index is 0.968. The fourth-order valence-electron chi connectivity index (χ4n) is 12.9. The van der Waals surface area contributed by atoms with Gasteiger partial charge in [0.25, 0.3) is 0 Å². The summed E-state index contributed by atoms with van der Waals surface area (Å²) in [7, 11) is 0. The maximum atomic E-state index is 7.17. The van der Waals surface area contributed by atoms with Gasteiger partial charge in [-0.15, -0.1) is 0 Å². The predicted octanol–water partition coefficient (Wildman–Crippen LogP) is 13.3. The highest BCUT2D eigenvalue weighted by Crippen LogP contribution is 2.67. The number of hydrogen-bond donors (Lipinski definition) is 0. The molecule has 13 atom stereocenters. The van der Waals surface area contributed by atoms with Crippen molar-refractivity contribution in [3.05, 3.63) is 119 Å². The van der Waals surface area contributed by atoms with E-state index < -0.39 is 6.29 Å². The van der Waals surface area contributed by atoms with Crippen molar-refractivity contribution in [1.29, 1.82) is 0 Å². The fourth-order valence-corrected chi connectivity index (χ4v) is 13.8. The second-order valence-corrected chi connectivity index (χ2v) is 21.7. The van der Waals surface area contributed by atoms with Gasteiger partial charge in [-0.25, -0.2) is 0 Å². The molecule has 1 heterocycles. The summed E-state index contributed by atoms with van der Waals surface area (Å²) in [5, 5.41) is 0. The van der Waals surface area contributed by atoms with Crippen molar-refractivity contribution < 1.29 is 23.7 Å². The summed E-state index contributed by atoms with van der Waals surface area (Å²) in [6.07, 6.45) is 15.8. The Morgan fingerprint density at radius 2 is 1.35 bits per heavy atom. The molecule has 5 nitrogen and oxygen atoms in total. The first-order valence-corrected chi connectivity index (χ1v) is 24.9. The van der Waals surface area contributed by atoms with Crippen LogP contribution in [0.3, 0.4) is 0 Å². The van der Waals surface area contributed by atoms with Crippen LogP contribution in [-0.2, 0) is 43.5 Å². The molecule has 5 aliphatic rings. The van der Waals surface area contributed by atoms with E-state index in [1.807, 2.05) is 12.1 Å². The molecule has 1 aliphatic heterocycles. The molecule has 0 radical (unpaired) electrons. The van der Waals surface area contributed by atoms with Crippen LogP contribution in [0.5, 0.6) is 0 Å². The number of ether oxygens (including phenoxy) is 5. The Bertz CT molecular complexity index is 1800. The average Bonchev–Trinajstić information content (AvgIpc) is 3.62. The van der Waals surface area contributed by atoms with E-state index in [9.17, 15) is 0 Å². The molecular weight excluding hydrogens is 855 g/mol. The van der Waals surface area contributed by atoms with E-state index >= 15 is 0 Å². The van der Waals surface area contributed by atoms with Gasteiger partial charge in [0.05, 0.1) is 36.5 Å². The lowest BCUT2D eigenvalue weighted by atomic mass is 9.47. The Kier molecular flexibility index (Phi) is 15.0. The van der Waals surface area contributed by atoms with Gasteiger partial charge in [0.1, 0.15) is 18.3 Å². The standard InChI is InChI=1S/C54H73IO5/c1-37(2)16-15-17-38(3)45-26-27-46-44-25-24-42-32-43(28-30-53(42,4)47(44)29-31-54(45,46)5)59-52-49(55)51(58-35-41-22-13-8-14-23-41)50(57-34-40-20-11-7-12-21-40)48(60-52)36-56-33-39-18-9-6-10-19-39/h6-14,18-24,37-38,43-52H,15-17,25-36H2,1-5H3/t38-,43+,44+,45-,46+,47+,48-,49+,50-,51-,52+,53+,54-/m1/s1. The van der Waals surface area contributed by atoms with Crippen molar-refractivity contribution in [2.75, 3.05) is 6.61 Å². The van der Waals surface area contributed by atoms with E-state index in [-0.39, 0.29) is 33.8 Å². The number of hydrogen-bond acceptors (Lipinski definition) is 5. The summed E-state index contributed by atoms with van der Waals surface area (Å²) in [5.41, 5.74) is 5.85. The number of halogens is 1. The number of allylic oxidation sites excluding steroid dienone is 1. The van der Waals surface area contributed by atoms with Gasteiger partial charge in [-0.1, -0.05) is 179 Å². The van der Waals surface area contributed by atoms with Crippen molar-refractivity contribution in [2.45, 2.75) is 160 Å². The van der Waals surface area contributed by atoms with Gasteiger partial charge in [-0.3, -0.25) is 0 Å². The molecular formula is C54H73IO5. The summed E-state index contributed by atoms with van der Waals surface area (Å²) in [4.78, 5) is 0. The quantitative estimate of drug-likeness (QED) is 0.0767. The van der Waals surface area contributed by atoms with E-state index in [0.717, 1.165) is 65.0 Å². The molecule has 60 heavy (non-hydrogen) atoms. The highest BCUT2D eigenvalue weighted by molar-refractivity contribution is 14.1. The first-order valence-electron chi connectivity index (χ1n) is 23.7. The van der Waals surface area contributed by atoms with Crippen molar-refractivity contribution in [1.82, 2.24) is 0 Å². The lowest BCUT2D eigenvalue weighted by Gasteiger charge is -2.58. The lowest BCUT2D eigenvalue weighted by Crippen LogP contribution is -2.59. The summed E-state index contributed by atoms with van der Waals surface area (Å²) >= 11 is 2.53. The van der Waals surface area contributed by atoms with Gasteiger partial charge in [-0.05, 0) is 114 Å². The first-order chi connectivity index (χ1) is 29.1. The van der Waals surface area contributed by atoms with Crippen molar-refractivity contribution in [3.63, 3.8) is 0 Å². The van der Waals surface area contributed by atoms with E-state index in [4.69, 9.17) is 23.7 Å². The van der Waals surface area contributed by atoms with E-state index in [1.54, 1.807) is 5.57 Å². The number of rotatable bonds is 17. The Morgan fingerprint density at radius 3 is 2.00 bits per heavy atom. The third kappa shape index (κ3) is 10.00. The molecule has 1 saturated heterocycles. The summed E-state index contributed by atoms with van der Waals surface area (Å²) < 4.78 is 34.2. The van der Waals surface area contributed by atoms with Crippen LogP contribution in [0.25, 0.3) is 0 Å². The van der Waals surface area contributed by atoms with Crippen molar-refractivity contribution in [2.24, 2.45) is 46.3 Å². The molecule has 3 aromatic rings. The minimum atomic E-state index is -0.437. The molecule has 0 bridgehead atoms. The highest BCUT2D eigenvalue weighted by atomic mass is 127. The number of alkyl halides is 1. The van der Waals surface area contributed by atoms with Crippen LogP contribution in [0.2, 0.25) is 0 Å². The van der Waals surface area contributed by atoms with E-state index in [1.165, 1.54) is 57.8 Å². The molecule has 0 amide bonds. The Morgan fingerprint density at radius 1 is 0.717 bits per heavy atom. The zero-order valence-electron chi connectivity index (χ0n) is 37.2. The third-order valence-electron chi connectivity index (χ3n) is 16.1. The molecule has 0 N–H and O–H groups in total. The minimum Gasteiger partial charge on any atom is -0.374 e. The van der Waals surface area contributed by atoms with Crippen molar-refractivity contribution in [3.8, 4) is 0 Å². The lowest BCUT2D eigenvalue weighted by molar-refractivity contribution is -0.283.